The third-order valence-electron chi connectivity index (χ3n) is 7.97. The number of Topliss-reactive ketones (excluding diaryl/α,β-unsaturated/α-hetero) is 1. The molecule has 0 radical (unpaired) electrons. The van der Waals surface area contributed by atoms with Crippen molar-refractivity contribution in [2.75, 3.05) is 7.11 Å². The molecule has 0 aromatic heterocycles. The number of benzene rings is 1. The van der Waals surface area contributed by atoms with Gasteiger partial charge in [0.1, 0.15) is 11.5 Å². The topological polar surface area (TPSA) is 82.1 Å². The van der Waals surface area contributed by atoms with Crippen molar-refractivity contribution in [3.8, 4) is 5.75 Å². The fourth-order valence-corrected chi connectivity index (χ4v) is 6.72. The lowest BCUT2D eigenvalue weighted by Gasteiger charge is -2.36. The van der Waals surface area contributed by atoms with E-state index < -0.39 is 15.1 Å². The van der Waals surface area contributed by atoms with Gasteiger partial charge in [0, 0.05) is 24.2 Å². The number of fused-ring (bicyclic) bond motifs is 1. The summed E-state index contributed by atoms with van der Waals surface area (Å²) >= 11 is 0. The van der Waals surface area contributed by atoms with Gasteiger partial charge in [0.05, 0.1) is 13.2 Å². The van der Waals surface area contributed by atoms with Crippen molar-refractivity contribution in [1.82, 2.24) is 0 Å². The van der Waals surface area contributed by atoms with Crippen LogP contribution in [0.15, 0.2) is 42.5 Å². The Hall–Kier alpha value is -1.96. The van der Waals surface area contributed by atoms with Crippen LogP contribution < -0.4 is 4.74 Å². The van der Waals surface area contributed by atoms with Gasteiger partial charge in [0.15, 0.2) is 15.3 Å². The van der Waals surface area contributed by atoms with Crippen LogP contribution >= 0.6 is 0 Å². The molecule has 0 saturated heterocycles. The minimum absolute atomic E-state index is 0.0266. The van der Waals surface area contributed by atoms with E-state index in [1.807, 2.05) is 30.3 Å². The third kappa shape index (κ3) is 8.01. The monoisotopic (exact) mass is 530 g/mol. The van der Waals surface area contributed by atoms with Crippen molar-refractivity contribution in [3.05, 3.63) is 42.5 Å². The first-order valence-corrected chi connectivity index (χ1v) is 16.6. The molecule has 1 N–H and O–H groups in total. The summed E-state index contributed by atoms with van der Waals surface area (Å²) in [4.78, 5) is 24.5. The summed E-state index contributed by atoms with van der Waals surface area (Å²) in [6.45, 7) is 11.0. The number of methoxy groups -OCH3 is 1. The van der Waals surface area contributed by atoms with Crippen molar-refractivity contribution >= 4 is 20.8 Å². The molecule has 1 aromatic rings. The summed E-state index contributed by atoms with van der Waals surface area (Å²) in [7, 11) is -0.00902. The van der Waals surface area contributed by atoms with Gasteiger partial charge in [0.25, 0.3) is 0 Å². The van der Waals surface area contributed by atoms with Crippen LogP contribution in [-0.4, -0.2) is 45.4 Å². The van der Waals surface area contributed by atoms with Crippen LogP contribution in [0.3, 0.4) is 0 Å². The lowest BCUT2D eigenvalue weighted by molar-refractivity contribution is -0.140. The highest BCUT2D eigenvalue weighted by Gasteiger charge is 2.50. The van der Waals surface area contributed by atoms with Gasteiger partial charge in [-0.15, -0.1) is 0 Å². The molecule has 2 saturated carbocycles. The molecule has 6 nitrogen and oxygen atoms in total. The molecule has 1 aromatic carbocycles. The normalized spacial score (nSPS) is 26.3. The second-order valence-corrected chi connectivity index (χ2v) is 14.4. The molecular formula is C30H46O6Si. The van der Waals surface area contributed by atoms with E-state index in [9.17, 15) is 14.7 Å². The fourth-order valence-electron chi connectivity index (χ4n) is 5.96. The first-order valence-electron chi connectivity index (χ1n) is 13.8. The SMILES string of the molecule is COC(=O)CCCC(O)C1CC2C(C=CC(C(Oc3ccccc3)O[SiH](C)C)C(C)(C)C)CCC2C1=O. The summed E-state index contributed by atoms with van der Waals surface area (Å²) in [5.74, 6) is 1.04. The molecule has 37 heavy (non-hydrogen) atoms. The molecule has 2 fully saturated rings. The van der Waals surface area contributed by atoms with Gasteiger partial charge in [-0.2, -0.15) is 0 Å². The molecule has 2 aliphatic carbocycles. The molecule has 0 aliphatic heterocycles. The highest BCUT2D eigenvalue weighted by molar-refractivity contribution is 6.48. The Morgan fingerprint density at radius 2 is 1.89 bits per heavy atom. The average Bonchev–Trinajstić information content (AvgIpc) is 3.38. The van der Waals surface area contributed by atoms with E-state index in [2.05, 4.69) is 50.8 Å². The van der Waals surface area contributed by atoms with Crippen LogP contribution in [0.2, 0.25) is 13.1 Å². The number of aliphatic hydroxyl groups is 1. The van der Waals surface area contributed by atoms with E-state index in [4.69, 9.17) is 9.16 Å². The highest BCUT2D eigenvalue weighted by atomic mass is 28.3. The van der Waals surface area contributed by atoms with E-state index in [0.29, 0.717) is 18.8 Å². The number of ether oxygens (including phenoxy) is 2. The Morgan fingerprint density at radius 3 is 2.51 bits per heavy atom. The van der Waals surface area contributed by atoms with Gasteiger partial charge in [-0.3, -0.25) is 9.59 Å². The first kappa shape index (κ1) is 29.6. The smallest absolute Gasteiger partial charge is 0.305 e. The Bertz CT molecular complexity index is 908. The minimum Gasteiger partial charge on any atom is -0.469 e. The third-order valence-corrected chi connectivity index (χ3v) is 8.78. The van der Waals surface area contributed by atoms with E-state index in [0.717, 1.165) is 25.0 Å². The maximum absolute atomic E-state index is 13.1. The number of hydrogen-bond acceptors (Lipinski definition) is 6. The second kappa shape index (κ2) is 13.2. The Kier molecular flexibility index (Phi) is 10.6. The number of allylic oxidation sites excluding steroid dienone is 1. The lowest BCUT2D eigenvalue weighted by atomic mass is 9.78. The predicted molar refractivity (Wildman–Crippen MR) is 148 cm³/mol. The van der Waals surface area contributed by atoms with Gasteiger partial charge in [0.2, 0.25) is 0 Å². The van der Waals surface area contributed by atoms with Crippen molar-refractivity contribution < 1.29 is 28.6 Å². The zero-order valence-electron chi connectivity index (χ0n) is 23.4. The maximum atomic E-state index is 13.1. The molecular weight excluding hydrogens is 484 g/mol. The summed E-state index contributed by atoms with van der Waals surface area (Å²) in [6.07, 6.45) is 7.34. The second-order valence-electron chi connectivity index (χ2n) is 12.1. The number of para-hydroxylation sites is 1. The number of aliphatic hydroxyl groups excluding tert-OH is 1. The molecule has 3 rings (SSSR count). The number of hydrogen-bond donors (Lipinski definition) is 1. The zero-order chi connectivity index (χ0) is 27.2. The molecule has 7 unspecified atom stereocenters. The van der Waals surface area contributed by atoms with Crippen molar-refractivity contribution in [2.45, 2.75) is 84.8 Å². The van der Waals surface area contributed by atoms with Crippen molar-refractivity contribution in [3.63, 3.8) is 0 Å². The molecule has 0 heterocycles. The largest absolute Gasteiger partial charge is 0.469 e. The highest BCUT2D eigenvalue weighted by Crippen LogP contribution is 2.50. The Balaban J connectivity index is 1.70. The molecule has 2 aliphatic rings. The molecule has 0 spiro atoms. The van der Waals surface area contributed by atoms with Crippen LogP contribution in [0.5, 0.6) is 5.75 Å². The number of rotatable bonds is 12. The number of carbonyl (C=O) groups excluding carboxylic acids is 2. The number of esters is 1. The summed E-state index contributed by atoms with van der Waals surface area (Å²) in [6, 6.07) is 9.84. The molecule has 7 atom stereocenters. The fraction of sp³-hybridized carbons (Fsp3) is 0.667. The predicted octanol–water partition coefficient (Wildman–Crippen LogP) is 5.55. The number of ketones is 1. The van der Waals surface area contributed by atoms with Gasteiger partial charge in [-0.05, 0) is 74.6 Å². The molecule has 0 amide bonds. The van der Waals surface area contributed by atoms with Crippen molar-refractivity contribution in [2.24, 2.45) is 35.0 Å². The van der Waals surface area contributed by atoms with Crippen molar-refractivity contribution in [1.29, 1.82) is 0 Å². The van der Waals surface area contributed by atoms with E-state index in [-0.39, 0.29) is 53.6 Å². The van der Waals surface area contributed by atoms with Crippen LogP contribution in [0.25, 0.3) is 0 Å². The van der Waals surface area contributed by atoms with Gasteiger partial charge in [-0.1, -0.05) is 51.1 Å². The quantitative estimate of drug-likeness (QED) is 0.165. The van der Waals surface area contributed by atoms with Crippen LogP contribution in [0.1, 0.15) is 59.3 Å². The minimum atomic E-state index is -1.38. The summed E-state index contributed by atoms with van der Waals surface area (Å²) in [5, 5.41) is 10.7. The Morgan fingerprint density at radius 1 is 1.19 bits per heavy atom. The van der Waals surface area contributed by atoms with Crippen LogP contribution in [0, 0.1) is 35.0 Å². The lowest BCUT2D eigenvalue weighted by Crippen LogP contribution is -2.39. The van der Waals surface area contributed by atoms with E-state index in [1.165, 1.54) is 7.11 Å². The number of carbonyl (C=O) groups is 2. The zero-order valence-corrected chi connectivity index (χ0v) is 24.5. The summed E-state index contributed by atoms with van der Waals surface area (Å²) in [5.41, 5.74) is -0.0822. The molecule has 206 valence electrons. The van der Waals surface area contributed by atoms with E-state index in [1.54, 1.807) is 0 Å². The van der Waals surface area contributed by atoms with Crippen LogP contribution in [-0.2, 0) is 18.8 Å². The summed E-state index contributed by atoms with van der Waals surface area (Å²) < 4.78 is 17.5. The van der Waals surface area contributed by atoms with Gasteiger partial charge >= 0.3 is 5.97 Å². The molecule has 7 heteroatoms. The Labute approximate surface area is 224 Å². The first-order chi connectivity index (χ1) is 17.5. The average molecular weight is 531 g/mol. The van der Waals surface area contributed by atoms with Gasteiger partial charge < -0.3 is 19.0 Å². The van der Waals surface area contributed by atoms with Gasteiger partial charge in [-0.25, -0.2) is 0 Å². The molecule has 0 bridgehead atoms. The van der Waals surface area contributed by atoms with E-state index >= 15 is 0 Å². The standard InChI is InChI=1S/C30H46O6Si/c1-30(2,3)25(29(36-37(5)6)35-21-11-8-7-9-12-21)18-16-20-15-17-22-23(20)19-24(28(22)33)26(31)13-10-14-27(32)34-4/h7-9,11-12,16,18,20,22-26,29,31,37H,10,13-15,17,19H2,1-6H3. The maximum Gasteiger partial charge on any atom is 0.305 e. The van der Waals surface area contributed by atoms with Crippen LogP contribution in [0.4, 0.5) is 0 Å².